The van der Waals surface area contributed by atoms with E-state index in [2.05, 4.69) is 41.5 Å². The van der Waals surface area contributed by atoms with Crippen molar-refractivity contribution in [3.05, 3.63) is 98.4 Å². The molecule has 22 heteroatoms. The maximum absolute atomic E-state index is 14.5. The number of alkyl halides is 1. The second-order valence-electron chi connectivity index (χ2n) is 26.1. The van der Waals surface area contributed by atoms with Crippen LogP contribution in [0.4, 0.5) is 13.2 Å². The SMILES string of the molecule is Cc1c(CCB2OC3CC4CC(C4(C)C)[C@]3(C)O2)ccc(F)c1C(=O)OC(C)(C)C.Cc1c(C[C@@H](Cl)B2OC3CC4CC(C4(C)C)[C@]3(C)O2)ccc(F)c1C(=O)OC(C)(C)C.O=C([O-])c1c(F)ccc2c1O[B-](O)(O)CC2.[Na+].[Na+]. The van der Waals surface area contributed by atoms with Gasteiger partial charge in [0.05, 0.1) is 57.1 Å². The largest absolute Gasteiger partial charge is 1.00 e. The van der Waals surface area contributed by atoms with Crippen LogP contribution in [0.5, 0.6) is 5.75 Å². The Morgan fingerprint density at radius 2 is 1.18 bits per heavy atom. The van der Waals surface area contributed by atoms with Crippen molar-refractivity contribution >= 4 is 50.5 Å². The van der Waals surface area contributed by atoms with Crippen LogP contribution in [-0.4, -0.2) is 88.8 Å². The summed E-state index contributed by atoms with van der Waals surface area (Å²) >= 11 is 6.77. The van der Waals surface area contributed by atoms with Gasteiger partial charge in [0, 0.05) is 0 Å². The van der Waals surface area contributed by atoms with Gasteiger partial charge in [0.15, 0.2) is 0 Å². The maximum Gasteiger partial charge on any atom is 1.00 e. The molecule has 420 valence electrons. The van der Waals surface area contributed by atoms with Crippen LogP contribution in [0.15, 0.2) is 36.4 Å². The van der Waals surface area contributed by atoms with Gasteiger partial charge in [-0.2, -0.15) is 0 Å². The second kappa shape index (κ2) is 23.8. The predicted molar refractivity (Wildman–Crippen MR) is 285 cm³/mol. The van der Waals surface area contributed by atoms with Crippen LogP contribution >= 0.6 is 11.6 Å². The minimum Gasteiger partial charge on any atom is -0.669 e. The molecule has 0 amide bonds. The topological polar surface area (TPSA) is 179 Å². The number of carbonyl (C=O) groups is 3. The summed E-state index contributed by atoms with van der Waals surface area (Å²) in [5.41, 5.74) is 1.20. The predicted octanol–water partition coefficient (Wildman–Crippen LogP) is 3.92. The van der Waals surface area contributed by atoms with Crippen LogP contribution in [0.1, 0.15) is 168 Å². The molecule has 0 aromatic heterocycles. The number of carbonyl (C=O) groups excluding carboxylic acids is 3. The van der Waals surface area contributed by atoms with E-state index < -0.39 is 71.3 Å². The number of halogens is 4. The molecule has 6 aliphatic carbocycles. The van der Waals surface area contributed by atoms with E-state index in [0.717, 1.165) is 36.0 Å². The third-order valence-electron chi connectivity index (χ3n) is 18.1. The van der Waals surface area contributed by atoms with Gasteiger partial charge in [0.25, 0.3) is 0 Å². The Labute approximate surface area is 514 Å². The van der Waals surface area contributed by atoms with Gasteiger partial charge in [-0.25, -0.2) is 22.8 Å². The number of fused-ring (bicyclic) bond motifs is 1. The molecule has 12 rings (SSSR count). The zero-order valence-corrected chi connectivity index (χ0v) is 53.8. The Kier molecular flexibility index (Phi) is 19.9. The van der Waals surface area contributed by atoms with E-state index in [9.17, 15) is 42.7 Å². The number of aromatic carboxylic acids is 1. The number of benzene rings is 3. The van der Waals surface area contributed by atoms with Crippen molar-refractivity contribution < 1.29 is 135 Å². The zero-order valence-electron chi connectivity index (χ0n) is 49.0. The van der Waals surface area contributed by atoms with E-state index in [0.29, 0.717) is 59.0 Å². The van der Waals surface area contributed by atoms with Gasteiger partial charge < -0.3 is 52.7 Å². The molecule has 9 atom stereocenters. The number of carboxylic acid groups (broad SMARTS) is 1. The van der Waals surface area contributed by atoms with Crippen molar-refractivity contribution in [3.8, 4) is 5.75 Å². The molecule has 2 saturated heterocycles. The number of ether oxygens (including phenoxy) is 2. The van der Waals surface area contributed by atoms with E-state index >= 15 is 0 Å². The quantitative estimate of drug-likeness (QED) is 0.179. The molecule has 6 unspecified atom stereocenters. The molecular weight excluding hydrogens is 1060 g/mol. The Morgan fingerprint density at radius 3 is 1.67 bits per heavy atom. The fourth-order valence-corrected chi connectivity index (χ4v) is 13.8. The van der Waals surface area contributed by atoms with Gasteiger partial charge in [0.1, 0.15) is 28.7 Å². The normalized spacial score (nSPS) is 28.3. The van der Waals surface area contributed by atoms with Crippen LogP contribution < -0.4 is 68.9 Å². The van der Waals surface area contributed by atoms with Crippen LogP contribution in [0.3, 0.4) is 0 Å². The monoisotopic (exact) mass is 1140 g/mol. The molecule has 0 radical (unpaired) electrons. The van der Waals surface area contributed by atoms with E-state index in [1.165, 1.54) is 31.0 Å². The van der Waals surface area contributed by atoms with Crippen molar-refractivity contribution in [1.82, 2.24) is 0 Å². The number of esters is 2. The Hall–Kier alpha value is -2.10. The number of carboxylic acids is 1. The number of hydrogen-bond donors (Lipinski definition) is 2. The number of hydrogen-bond acceptors (Lipinski definition) is 13. The average molecular weight is 1140 g/mol. The van der Waals surface area contributed by atoms with Crippen LogP contribution in [0.25, 0.3) is 0 Å². The molecule has 3 heterocycles. The van der Waals surface area contributed by atoms with Crippen molar-refractivity contribution in [2.75, 3.05) is 0 Å². The third-order valence-corrected chi connectivity index (χ3v) is 18.4. The summed E-state index contributed by atoms with van der Waals surface area (Å²) in [5, 5.41) is 28.8. The van der Waals surface area contributed by atoms with E-state index in [4.69, 9.17) is 44.3 Å². The summed E-state index contributed by atoms with van der Waals surface area (Å²) in [4.78, 5) is 35.8. The molecule has 9 aliphatic rings. The van der Waals surface area contributed by atoms with Crippen LogP contribution in [-0.2, 0) is 47.4 Å². The van der Waals surface area contributed by atoms with Gasteiger partial charge in [0.2, 0.25) is 0 Å². The van der Waals surface area contributed by atoms with Crippen molar-refractivity contribution in [2.45, 2.75) is 194 Å². The first kappa shape index (κ1) is 66.1. The molecule has 2 N–H and O–H groups in total. The summed E-state index contributed by atoms with van der Waals surface area (Å²) in [6.07, 6.45) is 6.60. The first-order valence-electron chi connectivity index (χ1n) is 27.1. The summed E-state index contributed by atoms with van der Waals surface area (Å²) in [6.45, 7) is 24.7. The molecule has 6 saturated carbocycles. The Balaban J connectivity index is 0.000000198. The maximum atomic E-state index is 14.5. The standard InChI is InChI=1S/C24H33BClFO4.C24H34BFO4.C9H9BFO5.2Na/c1-13-14(8-9-16(27)20(13)21(28)29-22(2,3)4)10-19(26)25-30-18-12-15-11-17(23(15,5)6)24(18,7)31-25;1-14-15(8-9-17(26)20(14)21(27)28-22(2,3)4)10-11-25-29-19-13-16-12-18(23(16,5)6)24(19,7)30-25;11-6-2-1-5-3-4-10(14,15)16-8(5)7(6)9(12)13;;/h8-9,15,17-19H,10-12H2,1-7H3;8-9,16,18-19H,10-13H2,1-7H3;1-2,14-15H,3-4H2,(H,12,13);;/q;;-1;2*+1/p-1/t15?,17?,18?,19-,24+;16?,18?,19?,24-;;;/m10.../s1. The van der Waals surface area contributed by atoms with Gasteiger partial charge in [-0.15, -0.1) is 11.6 Å². The van der Waals surface area contributed by atoms with Crippen molar-refractivity contribution in [3.63, 3.8) is 0 Å². The average Bonchev–Trinajstić information content (AvgIpc) is 4.13. The number of rotatable bonds is 9. The molecule has 13 nitrogen and oxygen atoms in total. The Morgan fingerprint density at radius 1 is 0.722 bits per heavy atom. The zero-order chi connectivity index (χ0) is 56.9. The fourth-order valence-electron chi connectivity index (χ4n) is 13.5. The van der Waals surface area contributed by atoms with Crippen molar-refractivity contribution in [1.29, 1.82) is 0 Å². The molecule has 3 aromatic carbocycles. The van der Waals surface area contributed by atoms with Gasteiger partial charge in [-0.05, 0) is 201 Å². The molecular formula is C57H75B3ClF3Na2O13. The summed E-state index contributed by atoms with van der Waals surface area (Å²) in [7, 11) is -0.786. The third kappa shape index (κ3) is 13.2. The summed E-state index contributed by atoms with van der Waals surface area (Å²) in [6, 6.07) is 8.43. The molecule has 8 fully saturated rings. The first-order valence-corrected chi connectivity index (χ1v) is 27.6. The van der Waals surface area contributed by atoms with E-state index in [1.54, 1.807) is 67.5 Å². The minimum atomic E-state index is -3.11. The molecule has 0 spiro atoms. The summed E-state index contributed by atoms with van der Waals surface area (Å²) in [5.74, 6) is -3.14. The van der Waals surface area contributed by atoms with Gasteiger partial charge in [-0.1, -0.05) is 52.2 Å². The van der Waals surface area contributed by atoms with Crippen LogP contribution in [0.2, 0.25) is 12.6 Å². The fraction of sp³-hybridized carbons (Fsp3) is 0.632. The Bertz CT molecular complexity index is 2810. The smallest absolute Gasteiger partial charge is 0.669 e. The second-order valence-corrected chi connectivity index (χ2v) is 26.7. The molecule has 4 bridgehead atoms. The molecule has 3 aliphatic heterocycles. The first-order chi connectivity index (χ1) is 35.5. The number of aryl methyl sites for hydroxylation is 2. The molecule has 3 aromatic rings. The van der Waals surface area contributed by atoms with Gasteiger partial charge in [-0.3, -0.25) is 0 Å². The summed E-state index contributed by atoms with van der Waals surface area (Å²) < 4.78 is 83.2. The van der Waals surface area contributed by atoms with E-state index in [1.807, 2.05) is 0 Å². The van der Waals surface area contributed by atoms with Crippen molar-refractivity contribution in [2.24, 2.45) is 34.5 Å². The van der Waals surface area contributed by atoms with Gasteiger partial charge >= 0.3 is 92.0 Å². The van der Waals surface area contributed by atoms with Crippen LogP contribution in [0, 0.1) is 65.8 Å². The molecule has 79 heavy (non-hydrogen) atoms. The van der Waals surface area contributed by atoms with E-state index in [-0.39, 0.29) is 125 Å². The minimum absolute atomic E-state index is 0.